The Morgan fingerprint density at radius 2 is 0.944 bits per heavy atom. The number of hydrogen-bond donors (Lipinski definition) is 2. The second kappa shape index (κ2) is 13.8. The van der Waals surface area contributed by atoms with Crippen molar-refractivity contribution in [1.82, 2.24) is 30.2 Å². The number of fused-ring (bicyclic) bond motifs is 1. The third-order valence-electron chi connectivity index (χ3n) is 10.5. The zero-order chi connectivity index (χ0) is 36.4. The van der Waals surface area contributed by atoms with Crippen LogP contribution in [-0.4, -0.2) is 30.2 Å². The van der Waals surface area contributed by atoms with Crippen LogP contribution >= 0.6 is 0 Å². The molecule has 0 bridgehead atoms. The van der Waals surface area contributed by atoms with Crippen LogP contribution in [0.25, 0.3) is 11.2 Å². The van der Waals surface area contributed by atoms with E-state index in [9.17, 15) is 0 Å². The Balaban J connectivity index is 1.45. The fourth-order valence-corrected chi connectivity index (χ4v) is 8.31. The van der Waals surface area contributed by atoms with Crippen molar-refractivity contribution in [3.05, 3.63) is 244 Å². The normalized spacial score (nSPS) is 11.9. The third kappa shape index (κ3) is 5.20. The highest BCUT2D eigenvalue weighted by molar-refractivity contribution is 5.84. The molecule has 0 unspecified atom stereocenters. The van der Waals surface area contributed by atoms with Gasteiger partial charge in [-0.2, -0.15) is 5.10 Å². The molecule has 0 aliphatic rings. The van der Waals surface area contributed by atoms with Crippen molar-refractivity contribution >= 4 is 17.0 Å². The van der Waals surface area contributed by atoms with Gasteiger partial charge in [0, 0.05) is 18.2 Å². The van der Waals surface area contributed by atoms with E-state index < -0.39 is 11.0 Å². The van der Waals surface area contributed by atoms with Gasteiger partial charge in [0.05, 0.1) is 11.6 Å². The summed E-state index contributed by atoms with van der Waals surface area (Å²) >= 11 is 0. The van der Waals surface area contributed by atoms with Crippen molar-refractivity contribution in [2.45, 2.75) is 17.4 Å². The van der Waals surface area contributed by atoms with Gasteiger partial charge in [-0.1, -0.05) is 187 Å². The molecule has 0 aliphatic heterocycles. The summed E-state index contributed by atoms with van der Waals surface area (Å²) in [6, 6.07) is 63.0. The van der Waals surface area contributed by atoms with E-state index in [1.165, 1.54) is 0 Å². The summed E-state index contributed by atoms with van der Waals surface area (Å²) in [6.45, 7) is 0. The maximum atomic E-state index is 7.50. The van der Waals surface area contributed by atoms with Gasteiger partial charge in [0.25, 0.3) is 0 Å². The predicted molar refractivity (Wildman–Crippen MR) is 214 cm³/mol. The lowest BCUT2D eigenvalue weighted by Crippen LogP contribution is -2.39. The largest absolute Gasteiger partial charge is 0.383 e. The maximum Gasteiger partial charge on any atom is 0.182 e. The third-order valence-corrected chi connectivity index (χ3v) is 10.5. The van der Waals surface area contributed by atoms with Gasteiger partial charge in [-0.15, -0.1) is 5.10 Å². The maximum absolute atomic E-state index is 7.50. The number of H-pyrrole nitrogens is 1. The van der Waals surface area contributed by atoms with Crippen LogP contribution in [0.4, 0.5) is 5.82 Å². The molecule has 6 aromatic carbocycles. The molecule has 0 spiro atoms. The first kappa shape index (κ1) is 32.8. The van der Waals surface area contributed by atoms with Crippen molar-refractivity contribution in [2.24, 2.45) is 0 Å². The van der Waals surface area contributed by atoms with E-state index in [-0.39, 0.29) is 0 Å². The van der Waals surface area contributed by atoms with Crippen molar-refractivity contribution in [1.29, 1.82) is 0 Å². The number of nitrogens with two attached hydrogens (primary N) is 1. The number of rotatable bonds is 10. The molecular weight excluding hydrogens is 663 g/mol. The quantitative estimate of drug-likeness (QED) is 0.139. The number of nitrogens with zero attached hydrogens (tertiary/aromatic N) is 5. The van der Waals surface area contributed by atoms with E-state index in [0.29, 0.717) is 23.4 Å². The Bertz CT molecular complexity index is 2420. The molecule has 0 atom stereocenters. The van der Waals surface area contributed by atoms with E-state index in [2.05, 4.69) is 156 Å². The average molecular weight is 700 g/mol. The first-order valence-electron chi connectivity index (χ1n) is 18.1. The number of aromatic nitrogens is 6. The Labute approximate surface area is 313 Å². The molecule has 3 aromatic heterocycles. The van der Waals surface area contributed by atoms with Crippen LogP contribution < -0.4 is 5.73 Å². The Morgan fingerprint density at radius 1 is 0.537 bits per heavy atom. The molecule has 0 saturated heterocycles. The molecule has 3 N–H and O–H groups in total. The summed E-state index contributed by atoms with van der Waals surface area (Å²) in [5.41, 5.74) is 15.9. The van der Waals surface area contributed by atoms with Gasteiger partial charge < -0.3 is 5.73 Å². The van der Waals surface area contributed by atoms with Crippen LogP contribution in [0.2, 0.25) is 0 Å². The van der Waals surface area contributed by atoms with E-state index in [1.807, 2.05) is 53.5 Å². The van der Waals surface area contributed by atoms with Gasteiger partial charge in [0.2, 0.25) is 0 Å². The summed E-state index contributed by atoms with van der Waals surface area (Å²) in [7, 11) is 0. The zero-order valence-corrected chi connectivity index (χ0v) is 29.5. The van der Waals surface area contributed by atoms with Crippen LogP contribution in [-0.2, 0) is 17.4 Å². The molecule has 9 aromatic rings. The Hall–Kier alpha value is -7.12. The number of anilines is 1. The molecule has 0 radical (unpaired) electrons. The van der Waals surface area contributed by atoms with Crippen molar-refractivity contribution in [3.8, 4) is 0 Å². The average Bonchev–Trinajstić information content (AvgIpc) is 3.93. The van der Waals surface area contributed by atoms with Gasteiger partial charge in [-0.25, -0.2) is 9.67 Å². The molecule has 0 saturated carbocycles. The molecule has 3 heterocycles. The lowest BCUT2D eigenvalue weighted by Gasteiger charge is -2.39. The molecule has 54 heavy (non-hydrogen) atoms. The topological polar surface area (TPSA) is 98.3 Å². The van der Waals surface area contributed by atoms with Gasteiger partial charge in [-0.05, 0) is 44.5 Å². The van der Waals surface area contributed by atoms with Crippen LogP contribution in [0.5, 0.6) is 0 Å². The summed E-state index contributed by atoms with van der Waals surface area (Å²) in [5.74, 6) is 0.393. The first-order valence-corrected chi connectivity index (χ1v) is 18.1. The molecule has 7 heteroatoms. The summed E-state index contributed by atoms with van der Waals surface area (Å²) in [4.78, 5) is 5.40. The number of nitrogen functional groups attached to an aromatic ring is 1. The minimum Gasteiger partial charge on any atom is -0.383 e. The first-order chi connectivity index (χ1) is 26.7. The number of aromatic amines is 1. The Morgan fingerprint density at radius 3 is 1.33 bits per heavy atom. The van der Waals surface area contributed by atoms with E-state index in [4.69, 9.17) is 21.0 Å². The highest BCUT2D eigenvalue weighted by Gasteiger charge is 2.45. The van der Waals surface area contributed by atoms with Crippen LogP contribution in [0.15, 0.2) is 194 Å². The summed E-state index contributed by atoms with van der Waals surface area (Å²) in [6.07, 6.45) is 4.26. The number of pyridine rings is 1. The lowest BCUT2D eigenvalue weighted by molar-refractivity contribution is 0.458. The smallest absolute Gasteiger partial charge is 0.182 e. The zero-order valence-electron chi connectivity index (χ0n) is 29.5. The standard InChI is InChI=1S/C47H37N7/c48-44-42(46(35-19-7-1-8-20-35,36-21-9-2-10-22-36)37-23-11-3-12-24-37)41(31-34-32-49-50-33-34)43-45(51-44)54(53-52-43)47(38-25-13-4-14-26-38,39-27-15-5-16-28-39)40-29-17-6-18-30-40/h1-30,32-33H,31H2,(H2,48,51)(H,49,50). The molecule has 0 aliphatic carbocycles. The molecule has 0 amide bonds. The second-order valence-corrected chi connectivity index (χ2v) is 13.5. The number of benzene rings is 6. The minimum absolute atomic E-state index is 0.393. The second-order valence-electron chi connectivity index (χ2n) is 13.5. The van der Waals surface area contributed by atoms with Crippen molar-refractivity contribution in [2.75, 3.05) is 5.73 Å². The molecule has 9 rings (SSSR count). The van der Waals surface area contributed by atoms with Crippen LogP contribution in [0.3, 0.4) is 0 Å². The predicted octanol–water partition coefficient (Wildman–Crippen LogP) is 8.95. The van der Waals surface area contributed by atoms with Gasteiger partial charge >= 0.3 is 0 Å². The van der Waals surface area contributed by atoms with E-state index >= 15 is 0 Å². The number of nitrogens with one attached hydrogen (secondary N) is 1. The Kier molecular flexibility index (Phi) is 8.36. The van der Waals surface area contributed by atoms with Crippen molar-refractivity contribution < 1.29 is 0 Å². The van der Waals surface area contributed by atoms with Crippen molar-refractivity contribution in [3.63, 3.8) is 0 Å². The highest BCUT2D eigenvalue weighted by atomic mass is 15.5. The minimum atomic E-state index is -0.943. The monoisotopic (exact) mass is 699 g/mol. The van der Waals surface area contributed by atoms with E-state index in [1.54, 1.807) is 0 Å². The lowest BCUT2D eigenvalue weighted by atomic mass is 9.63. The van der Waals surface area contributed by atoms with Gasteiger partial charge in [0.15, 0.2) is 5.65 Å². The highest BCUT2D eigenvalue weighted by Crippen LogP contribution is 2.50. The fourth-order valence-electron chi connectivity index (χ4n) is 8.31. The fraction of sp³-hybridized carbons (Fsp3) is 0.0638. The molecular formula is C47H37N7. The molecule has 7 nitrogen and oxygen atoms in total. The van der Waals surface area contributed by atoms with Gasteiger partial charge in [0.1, 0.15) is 16.9 Å². The molecule has 260 valence electrons. The van der Waals surface area contributed by atoms with Gasteiger partial charge in [-0.3, -0.25) is 5.10 Å². The SMILES string of the molecule is Nc1nc2c(nnn2C(c2ccccc2)(c2ccccc2)c2ccccc2)c(Cc2cn[nH]c2)c1C(c1ccccc1)(c1ccccc1)c1ccccc1. The molecule has 0 fully saturated rings. The summed E-state index contributed by atoms with van der Waals surface area (Å²) < 4.78 is 1.97. The van der Waals surface area contributed by atoms with E-state index in [0.717, 1.165) is 50.1 Å². The number of hydrogen-bond acceptors (Lipinski definition) is 5. The summed E-state index contributed by atoms with van der Waals surface area (Å²) in [5, 5.41) is 17.6. The van der Waals surface area contributed by atoms with Crippen LogP contribution in [0, 0.1) is 0 Å². The van der Waals surface area contributed by atoms with Crippen LogP contribution in [0.1, 0.15) is 50.1 Å².